The molecule has 4 atom stereocenters. The van der Waals surface area contributed by atoms with Crippen LogP contribution in [-0.4, -0.2) is 34.9 Å². The first-order valence-corrected chi connectivity index (χ1v) is 11.9. The lowest BCUT2D eigenvalue weighted by Crippen LogP contribution is -2.37. The summed E-state index contributed by atoms with van der Waals surface area (Å²) in [6.45, 7) is 1.83. The van der Waals surface area contributed by atoms with Gasteiger partial charge in [0.1, 0.15) is 24.4 Å². The highest BCUT2D eigenvalue weighted by Crippen LogP contribution is 2.37. The van der Waals surface area contributed by atoms with Crippen molar-refractivity contribution in [3.05, 3.63) is 126 Å². The van der Waals surface area contributed by atoms with Crippen LogP contribution in [0.4, 0.5) is 0 Å². The quantitative estimate of drug-likeness (QED) is 0.325. The van der Waals surface area contributed by atoms with Gasteiger partial charge < -0.3 is 23.9 Å². The molecule has 3 aromatic carbocycles. The van der Waals surface area contributed by atoms with Crippen molar-refractivity contribution < 1.29 is 18.9 Å². The Hall–Kier alpha value is -3.29. The van der Waals surface area contributed by atoms with E-state index in [9.17, 15) is 0 Å². The molecule has 0 bridgehead atoms. The predicted octanol–water partition coefficient (Wildman–Crippen LogP) is 5.24. The Morgan fingerprint density at radius 2 is 1.23 bits per heavy atom. The zero-order valence-electron chi connectivity index (χ0n) is 19.5. The maximum Gasteiger partial charge on any atom is 0.128 e. The summed E-state index contributed by atoms with van der Waals surface area (Å²) in [5.41, 5.74) is 4.18. The molecule has 1 aliphatic rings. The normalized spacial score (nSPS) is 21.8. The standard InChI is InChI=1S/C29H30N2O4/c1-4-10-22(11-5-1)17-32-20-26-28(33-18-23-12-6-2-7-13-23)29(27(35-26)25-16-30-21-31-25)34-19-24-14-8-3-9-15-24/h1-16,21,26-29H,17-20H2,(H,30,31)/t26-,27-,28+,29+/m1/s1. The van der Waals surface area contributed by atoms with Crippen molar-refractivity contribution in [3.63, 3.8) is 0 Å². The molecule has 5 rings (SSSR count). The van der Waals surface area contributed by atoms with Crippen molar-refractivity contribution in [3.8, 4) is 0 Å². The third-order valence-corrected chi connectivity index (χ3v) is 6.10. The molecular formula is C29H30N2O4. The summed E-state index contributed by atoms with van der Waals surface area (Å²) in [6, 6.07) is 30.4. The van der Waals surface area contributed by atoms with Crippen molar-refractivity contribution in [2.24, 2.45) is 0 Å². The van der Waals surface area contributed by atoms with E-state index in [1.807, 2.05) is 54.6 Å². The number of nitrogens with one attached hydrogen (secondary N) is 1. The number of ether oxygens (including phenoxy) is 4. The molecular weight excluding hydrogens is 440 g/mol. The van der Waals surface area contributed by atoms with Crippen LogP contribution in [0.15, 0.2) is 104 Å². The molecule has 1 aromatic heterocycles. The van der Waals surface area contributed by atoms with Gasteiger partial charge >= 0.3 is 0 Å². The van der Waals surface area contributed by atoms with Crippen LogP contribution in [0.25, 0.3) is 0 Å². The van der Waals surface area contributed by atoms with E-state index in [2.05, 4.69) is 46.4 Å². The minimum atomic E-state index is -0.340. The average Bonchev–Trinajstić information content (AvgIpc) is 3.56. The molecule has 0 spiro atoms. The number of benzene rings is 3. The van der Waals surface area contributed by atoms with Gasteiger partial charge in [-0.1, -0.05) is 91.0 Å². The van der Waals surface area contributed by atoms with Gasteiger partial charge in [0.25, 0.3) is 0 Å². The van der Waals surface area contributed by atoms with E-state index in [1.54, 1.807) is 12.5 Å². The predicted molar refractivity (Wildman–Crippen MR) is 132 cm³/mol. The van der Waals surface area contributed by atoms with Gasteiger partial charge in [0.15, 0.2) is 0 Å². The fraction of sp³-hybridized carbons (Fsp3) is 0.276. The number of rotatable bonds is 11. The van der Waals surface area contributed by atoms with Crippen LogP contribution in [0.5, 0.6) is 0 Å². The van der Waals surface area contributed by atoms with Crippen LogP contribution >= 0.6 is 0 Å². The van der Waals surface area contributed by atoms with Crippen molar-refractivity contribution in [2.45, 2.75) is 44.2 Å². The first-order valence-electron chi connectivity index (χ1n) is 11.9. The van der Waals surface area contributed by atoms with Gasteiger partial charge in [-0.15, -0.1) is 0 Å². The van der Waals surface area contributed by atoms with E-state index in [0.29, 0.717) is 26.4 Å². The van der Waals surface area contributed by atoms with Crippen LogP contribution in [0.3, 0.4) is 0 Å². The summed E-state index contributed by atoms with van der Waals surface area (Å²) >= 11 is 0. The number of aromatic amines is 1. The summed E-state index contributed by atoms with van der Waals surface area (Å²) in [5.74, 6) is 0. The number of hydrogen-bond donors (Lipinski definition) is 1. The second-order valence-corrected chi connectivity index (χ2v) is 8.63. The molecule has 0 amide bonds. The minimum absolute atomic E-state index is 0.295. The van der Waals surface area contributed by atoms with Gasteiger partial charge in [0, 0.05) is 0 Å². The average molecular weight is 471 g/mol. The zero-order valence-corrected chi connectivity index (χ0v) is 19.5. The summed E-state index contributed by atoms with van der Waals surface area (Å²) in [7, 11) is 0. The molecule has 0 radical (unpaired) electrons. The summed E-state index contributed by atoms with van der Waals surface area (Å²) < 4.78 is 25.5. The van der Waals surface area contributed by atoms with Gasteiger partial charge in [0.05, 0.1) is 44.6 Å². The smallest absolute Gasteiger partial charge is 0.128 e. The summed E-state index contributed by atoms with van der Waals surface area (Å²) in [4.78, 5) is 7.39. The van der Waals surface area contributed by atoms with Crippen LogP contribution < -0.4 is 0 Å². The highest BCUT2D eigenvalue weighted by Gasteiger charge is 2.47. The lowest BCUT2D eigenvalue weighted by molar-refractivity contribution is -0.0898. The van der Waals surface area contributed by atoms with E-state index in [-0.39, 0.29) is 24.4 Å². The molecule has 6 nitrogen and oxygen atoms in total. The number of hydrogen-bond acceptors (Lipinski definition) is 5. The molecule has 0 saturated carbocycles. The Kier molecular flexibility index (Phi) is 7.98. The van der Waals surface area contributed by atoms with Crippen molar-refractivity contribution in [1.29, 1.82) is 0 Å². The summed E-state index contributed by atoms with van der Waals surface area (Å²) in [5, 5.41) is 0. The second kappa shape index (κ2) is 11.9. The lowest BCUT2D eigenvalue weighted by Gasteiger charge is -2.25. The van der Waals surface area contributed by atoms with Gasteiger partial charge in [-0.3, -0.25) is 0 Å². The monoisotopic (exact) mass is 470 g/mol. The minimum Gasteiger partial charge on any atom is -0.374 e. The van der Waals surface area contributed by atoms with E-state index >= 15 is 0 Å². The van der Waals surface area contributed by atoms with Crippen molar-refractivity contribution in [2.75, 3.05) is 6.61 Å². The molecule has 1 aliphatic heterocycles. The number of aromatic nitrogens is 2. The molecule has 1 fully saturated rings. The highest BCUT2D eigenvalue weighted by molar-refractivity contribution is 5.16. The van der Waals surface area contributed by atoms with Crippen molar-refractivity contribution in [1.82, 2.24) is 9.97 Å². The molecule has 1 N–H and O–H groups in total. The lowest BCUT2D eigenvalue weighted by atomic mass is 10.1. The molecule has 6 heteroatoms. The SMILES string of the molecule is c1ccc(COC[C@H]2O[C@H](c3cnc[nH]3)[C@H](OCc3ccccc3)[C@H]2OCc2ccccc2)cc1. The number of H-pyrrole nitrogens is 1. The highest BCUT2D eigenvalue weighted by atomic mass is 16.6. The van der Waals surface area contributed by atoms with Crippen molar-refractivity contribution >= 4 is 0 Å². The Morgan fingerprint density at radius 1 is 0.686 bits per heavy atom. The fourth-order valence-electron chi connectivity index (χ4n) is 4.32. The van der Waals surface area contributed by atoms with E-state index < -0.39 is 0 Å². The van der Waals surface area contributed by atoms with Crippen LogP contribution in [0.2, 0.25) is 0 Å². The van der Waals surface area contributed by atoms with Crippen LogP contribution in [-0.2, 0) is 38.8 Å². The first kappa shape index (κ1) is 23.5. The molecule has 35 heavy (non-hydrogen) atoms. The third kappa shape index (κ3) is 6.24. The third-order valence-electron chi connectivity index (χ3n) is 6.10. The van der Waals surface area contributed by atoms with Gasteiger partial charge in [-0.2, -0.15) is 0 Å². The molecule has 0 aliphatic carbocycles. The van der Waals surface area contributed by atoms with E-state index in [0.717, 1.165) is 22.4 Å². The maximum absolute atomic E-state index is 6.50. The Labute approximate surface area is 205 Å². The number of nitrogens with zero attached hydrogens (tertiary/aromatic N) is 1. The number of imidazole rings is 1. The van der Waals surface area contributed by atoms with E-state index in [1.165, 1.54) is 0 Å². The Morgan fingerprint density at radius 3 is 1.77 bits per heavy atom. The van der Waals surface area contributed by atoms with Crippen LogP contribution in [0.1, 0.15) is 28.5 Å². The molecule has 4 aromatic rings. The Balaban J connectivity index is 1.33. The second-order valence-electron chi connectivity index (χ2n) is 8.63. The molecule has 1 saturated heterocycles. The Bertz CT molecular complexity index is 1120. The zero-order chi connectivity index (χ0) is 23.7. The first-order chi connectivity index (χ1) is 17.4. The topological polar surface area (TPSA) is 65.6 Å². The molecule has 0 unspecified atom stereocenters. The molecule has 180 valence electrons. The van der Waals surface area contributed by atoms with Gasteiger partial charge in [-0.05, 0) is 16.7 Å². The maximum atomic E-state index is 6.50. The van der Waals surface area contributed by atoms with Crippen LogP contribution in [0, 0.1) is 0 Å². The van der Waals surface area contributed by atoms with Gasteiger partial charge in [0.2, 0.25) is 0 Å². The summed E-state index contributed by atoms with van der Waals surface area (Å²) in [6.07, 6.45) is 2.16. The van der Waals surface area contributed by atoms with E-state index in [4.69, 9.17) is 18.9 Å². The fourth-order valence-corrected chi connectivity index (χ4v) is 4.32. The van der Waals surface area contributed by atoms with Gasteiger partial charge in [-0.25, -0.2) is 4.98 Å². The molecule has 2 heterocycles. The largest absolute Gasteiger partial charge is 0.374 e.